The van der Waals surface area contributed by atoms with E-state index in [9.17, 15) is 18.0 Å². The van der Waals surface area contributed by atoms with Crippen molar-refractivity contribution in [2.75, 3.05) is 6.61 Å². The minimum Gasteiger partial charge on any atom is -0.489 e. The minimum atomic E-state index is -2.81. The topological polar surface area (TPSA) is 46.5 Å². The van der Waals surface area contributed by atoms with Gasteiger partial charge >= 0.3 is 5.97 Å². The number of carboxylic acid groups (broad SMARTS) is 1. The molecule has 0 saturated heterocycles. The zero-order chi connectivity index (χ0) is 21.9. The zero-order valence-corrected chi connectivity index (χ0v) is 17.8. The summed E-state index contributed by atoms with van der Waals surface area (Å²) in [5.41, 5.74) is 2.73. The van der Waals surface area contributed by atoms with Gasteiger partial charge in [0.15, 0.2) is 0 Å². The van der Waals surface area contributed by atoms with E-state index in [2.05, 4.69) is 9.24 Å². The molecule has 2 aromatic rings. The summed E-state index contributed by atoms with van der Waals surface area (Å²) in [5, 5.41) is 7.12. The van der Waals surface area contributed by atoms with Crippen LogP contribution in [0.5, 0.6) is 5.75 Å². The van der Waals surface area contributed by atoms with Crippen LogP contribution >= 0.6 is 9.24 Å². The number of aryl methyl sites for hydroxylation is 1. The first-order valence-corrected chi connectivity index (χ1v) is 10.2. The molecule has 0 amide bonds. The summed E-state index contributed by atoms with van der Waals surface area (Å²) in [5.74, 6) is -3.42. The molecule has 0 heterocycles. The number of halogens is 3. The molecule has 0 bridgehead atoms. The van der Waals surface area contributed by atoms with Gasteiger partial charge in [-0.05, 0) is 53.3 Å². The summed E-state index contributed by atoms with van der Waals surface area (Å²) >= 11 is 0. The molecule has 1 aliphatic rings. The molecule has 1 N–H and O–H groups in total. The lowest BCUT2D eigenvalue weighted by atomic mass is 9.99. The summed E-state index contributed by atoms with van der Waals surface area (Å²) in [7, 11) is 2.10. The summed E-state index contributed by atoms with van der Waals surface area (Å²) in [4.78, 5) is 10.9. The predicted molar refractivity (Wildman–Crippen MR) is 114 cm³/mol. The Kier molecular flexibility index (Phi) is 6.56. The van der Waals surface area contributed by atoms with Crippen molar-refractivity contribution in [3.05, 3.63) is 70.8 Å². The van der Waals surface area contributed by atoms with Gasteiger partial charge in [0.25, 0.3) is 5.92 Å². The SMILES string of the molecule is CC(F)(P)c1cc(OCC2=C(c3ccccc3)CC(F)(F)C2)ccc1CCC(=O)O. The molecule has 30 heavy (non-hydrogen) atoms. The molecule has 3 rings (SSSR count). The first-order chi connectivity index (χ1) is 14.0. The molecule has 7 heteroatoms. The largest absolute Gasteiger partial charge is 0.489 e. The Morgan fingerprint density at radius 2 is 1.90 bits per heavy atom. The zero-order valence-electron chi connectivity index (χ0n) is 16.6. The maximum absolute atomic E-state index is 14.7. The molecule has 0 saturated carbocycles. The van der Waals surface area contributed by atoms with Crippen LogP contribution in [0.2, 0.25) is 0 Å². The Morgan fingerprint density at radius 1 is 1.20 bits per heavy atom. The van der Waals surface area contributed by atoms with Gasteiger partial charge in [0, 0.05) is 19.3 Å². The number of allylic oxidation sites excluding steroid dienone is 1. The quantitative estimate of drug-likeness (QED) is 0.518. The Bertz CT molecular complexity index is 950. The second kappa shape index (κ2) is 8.81. The van der Waals surface area contributed by atoms with E-state index in [1.54, 1.807) is 36.4 Å². The highest BCUT2D eigenvalue weighted by molar-refractivity contribution is 7.18. The highest BCUT2D eigenvalue weighted by Crippen LogP contribution is 2.44. The molecule has 160 valence electrons. The molecule has 0 aromatic heterocycles. The number of hydrogen-bond donors (Lipinski definition) is 1. The molecule has 1 aliphatic carbocycles. The Labute approximate surface area is 176 Å². The highest BCUT2D eigenvalue weighted by atomic mass is 31.0. The fraction of sp³-hybridized carbons (Fsp3) is 0.348. The van der Waals surface area contributed by atoms with Gasteiger partial charge in [-0.3, -0.25) is 4.79 Å². The second-order valence-corrected chi connectivity index (χ2v) is 8.82. The lowest BCUT2D eigenvalue weighted by Gasteiger charge is -2.20. The van der Waals surface area contributed by atoms with E-state index in [4.69, 9.17) is 9.84 Å². The molecule has 3 nitrogen and oxygen atoms in total. The number of carboxylic acids is 1. The first-order valence-electron chi connectivity index (χ1n) is 9.65. The van der Waals surface area contributed by atoms with E-state index in [0.29, 0.717) is 28.0 Å². The standard InChI is InChI=1S/C23H24F3O3P/c1-22(24,30)20-11-18(9-7-16(20)8-10-21(27)28)29-14-17-12-23(25,26)13-19(17)15-5-3-2-4-6-15/h2-7,9,11H,8,10,12-14,30H2,1H3,(H,27,28). The third-order valence-corrected chi connectivity index (χ3v) is 5.40. The minimum absolute atomic E-state index is 0.0203. The van der Waals surface area contributed by atoms with Crippen molar-refractivity contribution in [3.8, 4) is 5.75 Å². The number of hydrogen-bond acceptors (Lipinski definition) is 2. The van der Waals surface area contributed by atoms with Crippen molar-refractivity contribution in [1.29, 1.82) is 0 Å². The number of benzene rings is 2. The summed E-state index contributed by atoms with van der Waals surface area (Å²) in [6.45, 7) is 1.34. The number of carbonyl (C=O) groups is 1. The van der Waals surface area contributed by atoms with Crippen LogP contribution in [0.15, 0.2) is 54.1 Å². The van der Waals surface area contributed by atoms with Crippen LogP contribution in [0.4, 0.5) is 13.2 Å². The van der Waals surface area contributed by atoms with Crippen molar-refractivity contribution in [1.82, 2.24) is 0 Å². The number of rotatable bonds is 8. The van der Waals surface area contributed by atoms with E-state index < -0.39 is 17.3 Å². The van der Waals surface area contributed by atoms with Crippen molar-refractivity contribution in [3.63, 3.8) is 0 Å². The molecule has 0 radical (unpaired) electrons. The molecule has 0 fully saturated rings. The van der Waals surface area contributed by atoms with Crippen LogP contribution in [-0.2, 0) is 16.6 Å². The van der Waals surface area contributed by atoms with Gasteiger partial charge in [-0.15, -0.1) is 0 Å². The van der Waals surface area contributed by atoms with Crippen LogP contribution in [0.25, 0.3) is 5.57 Å². The molecular formula is C23H24F3O3P. The van der Waals surface area contributed by atoms with Crippen molar-refractivity contribution < 1.29 is 27.8 Å². The molecule has 0 spiro atoms. The number of alkyl halides is 3. The van der Waals surface area contributed by atoms with Crippen molar-refractivity contribution in [2.24, 2.45) is 0 Å². The van der Waals surface area contributed by atoms with Gasteiger partial charge in [0.1, 0.15) is 17.8 Å². The summed E-state index contributed by atoms with van der Waals surface area (Å²) < 4.78 is 48.6. The lowest BCUT2D eigenvalue weighted by molar-refractivity contribution is -0.136. The number of ether oxygens (including phenoxy) is 1. The normalized spacial score (nSPS) is 17.6. The average molecular weight is 436 g/mol. The van der Waals surface area contributed by atoms with E-state index in [0.717, 1.165) is 5.56 Å². The molecule has 2 aromatic carbocycles. The van der Waals surface area contributed by atoms with E-state index in [-0.39, 0.29) is 32.3 Å². The van der Waals surface area contributed by atoms with Gasteiger partial charge in [0.05, 0.1) is 0 Å². The fourth-order valence-corrected chi connectivity index (χ4v) is 3.95. The maximum Gasteiger partial charge on any atom is 0.303 e. The Hall–Kier alpha value is -2.33. The highest BCUT2D eigenvalue weighted by Gasteiger charge is 2.39. The van der Waals surface area contributed by atoms with Gasteiger partial charge in [-0.25, -0.2) is 13.2 Å². The van der Waals surface area contributed by atoms with E-state index in [1.165, 1.54) is 13.0 Å². The van der Waals surface area contributed by atoms with Gasteiger partial charge in [-0.1, -0.05) is 45.6 Å². The third kappa shape index (κ3) is 5.63. The molecular weight excluding hydrogens is 412 g/mol. The predicted octanol–water partition coefficient (Wildman–Crippen LogP) is 5.98. The molecule has 2 atom stereocenters. The molecule has 2 unspecified atom stereocenters. The summed E-state index contributed by atoms with van der Waals surface area (Å²) in [6, 6.07) is 13.8. The van der Waals surface area contributed by atoms with Crippen LogP contribution in [-0.4, -0.2) is 23.6 Å². The average Bonchev–Trinajstić information content (AvgIpc) is 2.99. The maximum atomic E-state index is 14.7. The molecule has 0 aliphatic heterocycles. The van der Waals surface area contributed by atoms with Crippen LogP contribution in [0.1, 0.15) is 42.9 Å². The van der Waals surface area contributed by atoms with Crippen LogP contribution < -0.4 is 4.74 Å². The first kappa shape index (κ1) is 22.4. The third-order valence-electron chi connectivity index (χ3n) is 5.09. The van der Waals surface area contributed by atoms with E-state index >= 15 is 0 Å². The smallest absolute Gasteiger partial charge is 0.303 e. The summed E-state index contributed by atoms with van der Waals surface area (Å²) in [6.07, 6.45) is -0.626. The van der Waals surface area contributed by atoms with Gasteiger partial charge in [0.2, 0.25) is 0 Å². The van der Waals surface area contributed by atoms with E-state index in [1.807, 2.05) is 6.07 Å². The monoisotopic (exact) mass is 436 g/mol. The number of aliphatic carboxylic acids is 1. The Balaban J connectivity index is 1.82. The fourth-order valence-electron chi connectivity index (χ4n) is 3.68. The van der Waals surface area contributed by atoms with Crippen LogP contribution in [0, 0.1) is 0 Å². The van der Waals surface area contributed by atoms with Crippen molar-refractivity contribution in [2.45, 2.75) is 43.9 Å². The lowest BCUT2D eigenvalue weighted by Crippen LogP contribution is -2.12. The van der Waals surface area contributed by atoms with Crippen molar-refractivity contribution >= 4 is 20.8 Å². The van der Waals surface area contributed by atoms with Gasteiger partial charge in [-0.2, -0.15) is 0 Å². The second-order valence-electron chi connectivity index (χ2n) is 7.73. The van der Waals surface area contributed by atoms with Crippen LogP contribution in [0.3, 0.4) is 0 Å². The Morgan fingerprint density at radius 3 is 2.53 bits per heavy atom. The van der Waals surface area contributed by atoms with Gasteiger partial charge < -0.3 is 9.84 Å².